The second kappa shape index (κ2) is 4.87. The zero-order chi connectivity index (χ0) is 14.3. The molecule has 106 valence electrons. The number of aromatic nitrogens is 1. The molecule has 0 fully saturated rings. The number of hydrogen-bond acceptors (Lipinski definition) is 4. The molecule has 1 aliphatic heterocycles. The van der Waals surface area contributed by atoms with Crippen molar-refractivity contribution in [1.82, 2.24) is 9.46 Å². The van der Waals surface area contributed by atoms with Crippen LogP contribution in [-0.4, -0.2) is 24.4 Å². The van der Waals surface area contributed by atoms with Crippen molar-refractivity contribution in [3.63, 3.8) is 0 Å². The van der Waals surface area contributed by atoms with Gasteiger partial charge in [0.25, 0.3) is 0 Å². The number of nitrogens with zero attached hydrogens (tertiary/aromatic N) is 2. The van der Waals surface area contributed by atoms with Crippen LogP contribution in [0, 0.1) is 6.92 Å². The average molecular weight is 313 g/mol. The number of hydrogen-bond donors (Lipinski definition) is 0. The first-order valence-corrected chi connectivity index (χ1v) is 7.99. The van der Waals surface area contributed by atoms with E-state index in [0.717, 1.165) is 11.3 Å². The zero-order valence-corrected chi connectivity index (χ0v) is 12.4. The normalized spacial score (nSPS) is 16.1. The zero-order valence-electron chi connectivity index (χ0n) is 10.8. The summed E-state index contributed by atoms with van der Waals surface area (Å²) in [6.07, 6.45) is 2.11. The van der Waals surface area contributed by atoms with Gasteiger partial charge in [0.05, 0.1) is 11.1 Å². The van der Waals surface area contributed by atoms with Crippen LogP contribution in [0.1, 0.15) is 16.9 Å². The summed E-state index contributed by atoms with van der Waals surface area (Å²) in [5.41, 5.74) is 1.39. The third-order valence-corrected chi connectivity index (χ3v) is 5.90. The van der Waals surface area contributed by atoms with Gasteiger partial charge in [0.1, 0.15) is 5.76 Å². The van der Waals surface area contributed by atoms with E-state index in [4.69, 9.17) is 16.1 Å². The molecule has 0 bridgehead atoms. The fraction of sp³-hybridized carbons (Fsp3) is 0.308. The van der Waals surface area contributed by atoms with Crippen LogP contribution in [0.15, 0.2) is 33.8 Å². The Balaban J connectivity index is 1.99. The first-order chi connectivity index (χ1) is 9.50. The van der Waals surface area contributed by atoms with Gasteiger partial charge in [0, 0.05) is 30.1 Å². The molecule has 7 heteroatoms. The summed E-state index contributed by atoms with van der Waals surface area (Å²) in [5, 5.41) is 4.16. The number of benzene rings is 1. The summed E-state index contributed by atoms with van der Waals surface area (Å²) in [6, 6.07) is 4.92. The minimum absolute atomic E-state index is 0.255. The third-order valence-electron chi connectivity index (χ3n) is 3.50. The Bertz CT molecular complexity index is 755. The lowest BCUT2D eigenvalue weighted by atomic mass is 10.1. The van der Waals surface area contributed by atoms with Crippen molar-refractivity contribution in [2.24, 2.45) is 0 Å². The molecule has 0 N–H and O–H groups in total. The third kappa shape index (κ3) is 2.13. The summed E-state index contributed by atoms with van der Waals surface area (Å²) in [5.74, 6) is 0.763. The molecule has 20 heavy (non-hydrogen) atoms. The highest BCUT2D eigenvalue weighted by molar-refractivity contribution is 7.89. The first kappa shape index (κ1) is 13.6. The molecule has 1 aromatic carbocycles. The molecule has 0 unspecified atom stereocenters. The molecular formula is C13H13ClN2O3S. The quantitative estimate of drug-likeness (QED) is 0.854. The lowest BCUT2D eigenvalue weighted by Crippen LogP contribution is -2.35. The SMILES string of the molecule is Cc1c(Cl)cccc1S(=O)(=O)N1CCc2oncc2C1. The topological polar surface area (TPSA) is 63.4 Å². The highest BCUT2D eigenvalue weighted by Crippen LogP contribution is 2.29. The molecular weight excluding hydrogens is 300 g/mol. The maximum atomic E-state index is 12.7. The van der Waals surface area contributed by atoms with Crippen molar-refractivity contribution < 1.29 is 12.9 Å². The van der Waals surface area contributed by atoms with Crippen molar-refractivity contribution in [3.05, 3.63) is 46.3 Å². The lowest BCUT2D eigenvalue weighted by Gasteiger charge is -2.25. The Kier molecular flexibility index (Phi) is 3.32. The van der Waals surface area contributed by atoms with Crippen LogP contribution < -0.4 is 0 Å². The minimum atomic E-state index is -3.56. The molecule has 2 aromatic rings. The van der Waals surface area contributed by atoms with E-state index in [1.54, 1.807) is 31.3 Å². The monoisotopic (exact) mass is 312 g/mol. The van der Waals surface area contributed by atoms with E-state index in [-0.39, 0.29) is 11.4 Å². The van der Waals surface area contributed by atoms with E-state index >= 15 is 0 Å². The predicted octanol–water partition coefficient (Wildman–Crippen LogP) is 2.38. The molecule has 1 aliphatic rings. The molecule has 2 heterocycles. The standard InChI is InChI=1S/C13H13ClN2O3S/c1-9-11(14)3-2-4-13(9)20(17,18)16-6-5-12-10(8-16)7-15-19-12/h2-4,7H,5-6,8H2,1H3. The molecule has 0 atom stereocenters. The van der Waals surface area contributed by atoms with Crippen LogP contribution in [-0.2, 0) is 23.0 Å². The van der Waals surface area contributed by atoms with Gasteiger partial charge in [0.15, 0.2) is 0 Å². The van der Waals surface area contributed by atoms with E-state index in [9.17, 15) is 8.42 Å². The average Bonchev–Trinajstić information content (AvgIpc) is 2.89. The van der Waals surface area contributed by atoms with Gasteiger partial charge in [-0.25, -0.2) is 8.42 Å². The van der Waals surface area contributed by atoms with Gasteiger partial charge < -0.3 is 4.52 Å². The Morgan fingerprint density at radius 3 is 3.00 bits per heavy atom. The smallest absolute Gasteiger partial charge is 0.243 e. The van der Waals surface area contributed by atoms with E-state index < -0.39 is 10.0 Å². The molecule has 1 aromatic heterocycles. The van der Waals surface area contributed by atoms with Gasteiger partial charge >= 0.3 is 0 Å². The van der Waals surface area contributed by atoms with Crippen molar-refractivity contribution in [1.29, 1.82) is 0 Å². The molecule has 5 nitrogen and oxygen atoms in total. The number of rotatable bonds is 2. The van der Waals surface area contributed by atoms with Crippen molar-refractivity contribution >= 4 is 21.6 Å². The fourth-order valence-corrected chi connectivity index (χ4v) is 4.22. The molecule has 0 saturated carbocycles. The molecule has 0 aliphatic carbocycles. The second-order valence-corrected chi connectivity index (χ2v) is 7.04. The molecule has 0 spiro atoms. The largest absolute Gasteiger partial charge is 0.361 e. The van der Waals surface area contributed by atoms with Crippen LogP contribution in [0.5, 0.6) is 0 Å². The summed E-state index contributed by atoms with van der Waals surface area (Å²) in [4.78, 5) is 0.255. The summed E-state index contributed by atoms with van der Waals surface area (Å²) >= 11 is 6.01. The Morgan fingerprint density at radius 1 is 1.40 bits per heavy atom. The van der Waals surface area contributed by atoms with E-state index in [1.165, 1.54) is 4.31 Å². The summed E-state index contributed by atoms with van der Waals surface area (Å²) in [6.45, 7) is 2.38. The lowest BCUT2D eigenvalue weighted by molar-refractivity contribution is 0.331. The molecule has 3 rings (SSSR count). The summed E-state index contributed by atoms with van der Waals surface area (Å²) in [7, 11) is -3.56. The van der Waals surface area contributed by atoms with E-state index in [2.05, 4.69) is 5.16 Å². The fourth-order valence-electron chi connectivity index (χ4n) is 2.33. The minimum Gasteiger partial charge on any atom is -0.361 e. The highest BCUT2D eigenvalue weighted by Gasteiger charge is 2.31. The first-order valence-electron chi connectivity index (χ1n) is 6.18. The van der Waals surface area contributed by atoms with Crippen LogP contribution in [0.2, 0.25) is 5.02 Å². The number of fused-ring (bicyclic) bond motifs is 1. The van der Waals surface area contributed by atoms with Crippen molar-refractivity contribution in [3.8, 4) is 0 Å². The maximum Gasteiger partial charge on any atom is 0.243 e. The van der Waals surface area contributed by atoms with Crippen LogP contribution in [0.3, 0.4) is 0 Å². The van der Waals surface area contributed by atoms with Gasteiger partial charge in [-0.2, -0.15) is 4.31 Å². The predicted molar refractivity (Wildman–Crippen MR) is 74.0 cm³/mol. The maximum absolute atomic E-state index is 12.7. The van der Waals surface area contributed by atoms with Crippen LogP contribution in [0.4, 0.5) is 0 Å². The van der Waals surface area contributed by atoms with E-state index in [1.807, 2.05) is 0 Å². The Morgan fingerprint density at radius 2 is 2.20 bits per heavy atom. The van der Waals surface area contributed by atoms with Gasteiger partial charge in [0.2, 0.25) is 10.0 Å². The van der Waals surface area contributed by atoms with Crippen LogP contribution in [0.25, 0.3) is 0 Å². The molecule has 0 saturated heterocycles. The number of sulfonamides is 1. The Hall–Kier alpha value is -1.37. The second-order valence-electron chi connectivity index (χ2n) is 4.73. The molecule has 0 amide bonds. The van der Waals surface area contributed by atoms with Crippen LogP contribution >= 0.6 is 11.6 Å². The van der Waals surface area contributed by atoms with E-state index in [0.29, 0.717) is 23.6 Å². The number of halogens is 1. The van der Waals surface area contributed by atoms with Crippen molar-refractivity contribution in [2.45, 2.75) is 24.8 Å². The van der Waals surface area contributed by atoms with Gasteiger partial charge in [-0.05, 0) is 24.6 Å². The van der Waals surface area contributed by atoms with Gasteiger partial charge in [-0.15, -0.1) is 0 Å². The van der Waals surface area contributed by atoms with Crippen molar-refractivity contribution in [2.75, 3.05) is 6.54 Å². The molecule has 0 radical (unpaired) electrons. The highest BCUT2D eigenvalue weighted by atomic mass is 35.5. The van der Waals surface area contributed by atoms with Gasteiger partial charge in [-0.1, -0.05) is 22.8 Å². The Labute approximate surface area is 122 Å². The van der Waals surface area contributed by atoms with Gasteiger partial charge in [-0.3, -0.25) is 0 Å². The summed E-state index contributed by atoms with van der Waals surface area (Å²) < 4.78 is 31.9.